The zero-order valence-electron chi connectivity index (χ0n) is 21.4. The third kappa shape index (κ3) is 5.85. The van der Waals surface area contributed by atoms with Gasteiger partial charge >= 0.3 is 0 Å². The summed E-state index contributed by atoms with van der Waals surface area (Å²) in [6.45, 7) is 11.7. The number of hydrogen-bond acceptors (Lipinski definition) is 4. The molecular formula is C30H37NO3Si. The Morgan fingerprint density at radius 1 is 0.914 bits per heavy atom. The van der Waals surface area contributed by atoms with Crippen molar-refractivity contribution in [3.05, 3.63) is 66.2 Å². The predicted molar refractivity (Wildman–Crippen MR) is 149 cm³/mol. The molecule has 1 heterocycles. The van der Waals surface area contributed by atoms with E-state index in [2.05, 4.69) is 54.9 Å². The molecule has 1 fully saturated rings. The average molecular weight is 488 g/mol. The molecule has 1 aliphatic heterocycles. The molecule has 4 nitrogen and oxygen atoms in total. The molecule has 1 saturated heterocycles. The molecule has 1 aliphatic rings. The number of rotatable bonds is 9. The number of benzene rings is 3. The number of carbonyl (C=O) groups is 1. The number of anilines is 1. The molecule has 4 rings (SSSR count). The van der Waals surface area contributed by atoms with Crippen LogP contribution >= 0.6 is 0 Å². The molecule has 0 bridgehead atoms. The van der Waals surface area contributed by atoms with Gasteiger partial charge in [-0.3, -0.25) is 4.79 Å². The number of ether oxygens (including phenoxy) is 1. The van der Waals surface area contributed by atoms with Crippen molar-refractivity contribution in [2.24, 2.45) is 0 Å². The SMILES string of the molecule is CC(=O)c1ccc(-c2ccc(OCCCO)c(-c3ccc(N4CCCC4)c([Si](C)(C)C)c3)c2)cc1. The summed E-state index contributed by atoms with van der Waals surface area (Å²) in [6.07, 6.45) is 3.13. The van der Waals surface area contributed by atoms with Crippen LogP contribution in [0.5, 0.6) is 5.75 Å². The highest BCUT2D eigenvalue weighted by Gasteiger charge is 2.25. The second-order valence-corrected chi connectivity index (χ2v) is 15.5. The van der Waals surface area contributed by atoms with Gasteiger partial charge in [0.25, 0.3) is 0 Å². The van der Waals surface area contributed by atoms with E-state index in [0.717, 1.165) is 46.7 Å². The standard InChI is InChI=1S/C30H37NO3Si/c1-22(33)23-8-10-24(11-9-23)25-13-15-29(34-19-7-18-32)27(20-25)26-12-14-28(31-16-5-6-17-31)30(21-26)35(2,3)4/h8-15,20-21,32H,5-7,16-19H2,1-4H3. The number of ketones is 1. The van der Waals surface area contributed by atoms with Crippen LogP contribution in [0.25, 0.3) is 22.3 Å². The predicted octanol–water partition coefficient (Wildman–Crippen LogP) is 6.13. The molecule has 35 heavy (non-hydrogen) atoms. The minimum absolute atomic E-state index is 0.0711. The Balaban J connectivity index is 1.79. The van der Waals surface area contributed by atoms with Crippen LogP contribution in [-0.4, -0.2) is 45.3 Å². The molecule has 0 unspecified atom stereocenters. The quantitative estimate of drug-likeness (QED) is 0.224. The molecule has 0 aromatic heterocycles. The molecule has 0 aliphatic carbocycles. The number of aliphatic hydroxyl groups is 1. The number of carbonyl (C=O) groups excluding carboxylic acids is 1. The molecule has 1 N–H and O–H groups in total. The second kappa shape index (κ2) is 10.8. The largest absolute Gasteiger partial charge is 0.493 e. The fourth-order valence-electron chi connectivity index (χ4n) is 4.74. The Hall–Kier alpha value is -2.89. The number of aliphatic hydroxyl groups excluding tert-OH is 1. The van der Waals surface area contributed by atoms with Crippen LogP contribution in [0.2, 0.25) is 19.6 Å². The molecule has 0 saturated carbocycles. The van der Waals surface area contributed by atoms with Gasteiger partial charge in [0.1, 0.15) is 5.75 Å². The topological polar surface area (TPSA) is 49.8 Å². The lowest BCUT2D eigenvalue weighted by atomic mass is 9.97. The maximum Gasteiger partial charge on any atom is 0.159 e. The first-order valence-corrected chi connectivity index (χ1v) is 16.2. The van der Waals surface area contributed by atoms with E-state index in [1.54, 1.807) is 6.92 Å². The molecule has 0 spiro atoms. The smallest absolute Gasteiger partial charge is 0.159 e. The van der Waals surface area contributed by atoms with Crippen LogP contribution < -0.4 is 14.8 Å². The summed E-state index contributed by atoms with van der Waals surface area (Å²) in [5.74, 6) is 0.903. The summed E-state index contributed by atoms with van der Waals surface area (Å²) >= 11 is 0. The molecular weight excluding hydrogens is 450 g/mol. The van der Waals surface area contributed by atoms with E-state index in [1.807, 2.05) is 30.3 Å². The Morgan fingerprint density at radius 3 is 2.20 bits per heavy atom. The van der Waals surface area contributed by atoms with Gasteiger partial charge in [0, 0.05) is 42.9 Å². The van der Waals surface area contributed by atoms with Crippen LogP contribution in [0.15, 0.2) is 60.7 Å². The van der Waals surface area contributed by atoms with Crippen molar-refractivity contribution in [2.45, 2.75) is 45.8 Å². The highest BCUT2D eigenvalue weighted by molar-refractivity contribution is 6.89. The lowest BCUT2D eigenvalue weighted by molar-refractivity contribution is 0.101. The van der Waals surface area contributed by atoms with Crippen LogP contribution in [0.4, 0.5) is 5.69 Å². The van der Waals surface area contributed by atoms with E-state index in [0.29, 0.717) is 13.0 Å². The van der Waals surface area contributed by atoms with Crippen LogP contribution in [-0.2, 0) is 0 Å². The van der Waals surface area contributed by atoms with Crippen molar-refractivity contribution in [1.82, 2.24) is 0 Å². The maximum absolute atomic E-state index is 11.7. The molecule has 5 heteroatoms. The van der Waals surface area contributed by atoms with Crippen molar-refractivity contribution in [1.29, 1.82) is 0 Å². The lowest BCUT2D eigenvalue weighted by Crippen LogP contribution is -2.41. The van der Waals surface area contributed by atoms with Gasteiger partial charge in [0.15, 0.2) is 5.78 Å². The Kier molecular flexibility index (Phi) is 7.77. The Bertz CT molecular complexity index is 1180. The Morgan fingerprint density at radius 2 is 1.57 bits per heavy atom. The molecule has 184 valence electrons. The summed E-state index contributed by atoms with van der Waals surface area (Å²) in [6, 6.07) is 21.0. The third-order valence-corrected chi connectivity index (χ3v) is 8.74. The fraction of sp³-hybridized carbons (Fsp3) is 0.367. The molecule has 0 amide bonds. The summed E-state index contributed by atoms with van der Waals surface area (Å²) in [7, 11) is -1.60. The number of hydrogen-bond donors (Lipinski definition) is 1. The van der Waals surface area contributed by atoms with E-state index in [1.165, 1.54) is 23.7 Å². The van der Waals surface area contributed by atoms with Crippen LogP contribution in [0.1, 0.15) is 36.5 Å². The highest BCUT2D eigenvalue weighted by atomic mass is 28.3. The minimum atomic E-state index is -1.60. The summed E-state index contributed by atoms with van der Waals surface area (Å²) in [5, 5.41) is 10.7. The van der Waals surface area contributed by atoms with E-state index < -0.39 is 8.07 Å². The zero-order valence-corrected chi connectivity index (χ0v) is 22.4. The van der Waals surface area contributed by atoms with Gasteiger partial charge in [-0.25, -0.2) is 0 Å². The van der Waals surface area contributed by atoms with Crippen molar-refractivity contribution in [3.63, 3.8) is 0 Å². The van der Waals surface area contributed by atoms with Gasteiger partial charge in [0.05, 0.1) is 14.7 Å². The molecule has 3 aromatic carbocycles. The van der Waals surface area contributed by atoms with Gasteiger partial charge in [0.2, 0.25) is 0 Å². The molecule has 0 radical (unpaired) electrons. The van der Waals surface area contributed by atoms with Gasteiger partial charge in [-0.15, -0.1) is 0 Å². The van der Waals surface area contributed by atoms with E-state index >= 15 is 0 Å². The summed E-state index contributed by atoms with van der Waals surface area (Å²) < 4.78 is 6.13. The number of nitrogens with zero attached hydrogens (tertiary/aromatic N) is 1. The maximum atomic E-state index is 11.7. The van der Waals surface area contributed by atoms with Crippen molar-refractivity contribution in [3.8, 4) is 28.0 Å². The van der Waals surface area contributed by atoms with Gasteiger partial charge in [-0.05, 0) is 59.8 Å². The van der Waals surface area contributed by atoms with Gasteiger partial charge < -0.3 is 14.7 Å². The first-order valence-electron chi connectivity index (χ1n) is 12.7. The lowest BCUT2D eigenvalue weighted by Gasteiger charge is -2.28. The fourth-order valence-corrected chi connectivity index (χ4v) is 6.34. The molecule has 0 atom stereocenters. The normalized spacial score (nSPS) is 13.8. The third-order valence-electron chi connectivity index (χ3n) is 6.73. The molecule has 3 aromatic rings. The van der Waals surface area contributed by atoms with Gasteiger partial charge in [-0.2, -0.15) is 0 Å². The van der Waals surface area contributed by atoms with E-state index in [4.69, 9.17) is 4.74 Å². The minimum Gasteiger partial charge on any atom is -0.493 e. The van der Waals surface area contributed by atoms with Gasteiger partial charge in [-0.1, -0.05) is 62.1 Å². The Labute approximate surface area is 210 Å². The summed E-state index contributed by atoms with van der Waals surface area (Å²) in [5.41, 5.74) is 6.48. The first-order chi connectivity index (χ1) is 16.8. The van der Waals surface area contributed by atoms with E-state index in [9.17, 15) is 9.90 Å². The second-order valence-electron chi connectivity index (χ2n) is 10.4. The summed E-state index contributed by atoms with van der Waals surface area (Å²) in [4.78, 5) is 14.2. The van der Waals surface area contributed by atoms with Crippen molar-refractivity contribution < 1.29 is 14.6 Å². The first kappa shape index (κ1) is 25.2. The van der Waals surface area contributed by atoms with Crippen LogP contribution in [0.3, 0.4) is 0 Å². The van der Waals surface area contributed by atoms with Crippen molar-refractivity contribution in [2.75, 3.05) is 31.2 Å². The van der Waals surface area contributed by atoms with Crippen LogP contribution in [0, 0.1) is 0 Å². The average Bonchev–Trinajstić information content (AvgIpc) is 3.38. The highest BCUT2D eigenvalue weighted by Crippen LogP contribution is 2.36. The number of Topliss-reactive ketones (excluding diaryl/α,β-unsaturated/α-hetero) is 1. The van der Waals surface area contributed by atoms with E-state index in [-0.39, 0.29) is 12.4 Å². The monoisotopic (exact) mass is 487 g/mol. The van der Waals surface area contributed by atoms with Crippen molar-refractivity contribution >= 4 is 24.7 Å². The zero-order chi connectivity index (χ0) is 25.0.